The van der Waals surface area contributed by atoms with Gasteiger partial charge in [0.2, 0.25) is 0 Å². The molecule has 0 aliphatic carbocycles. The molecule has 3 N–H and O–H groups in total. The predicted octanol–water partition coefficient (Wildman–Crippen LogP) is 2.70. The molecule has 1 aromatic carbocycles. The van der Waals surface area contributed by atoms with Crippen LogP contribution in [0.1, 0.15) is 30.1 Å². The van der Waals surface area contributed by atoms with Gasteiger partial charge in [-0.2, -0.15) is 0 Å². The number of para-hydroxylation sites is 2. The second-order valence-electron chi connectivity index (χ2n) is 5.12. The van der Waals surface area contributed by atoms with Gasteiger partial charge in [0.05, 0.1) is 23.3 Å². The maximum atomic E-state index is 5.74. The fourth-order valence-corrected chi connectivity index (χ4v) is 2.83. The van der Waals surface area contributed by atoms with Gasteiger partial charge in [-0.1, -0.05) is 12.1 Å². The normalized spacial score (nSPS) is 12.9. The number of nitrogens with zero attached hydrogens (tertiary/aromatic N) is 2. The summed E-state index contributed by atoms with van der Waals surface area (Å²) in [6, 6.07) is 10.1. The molecule has 110 valence electrons. The molecule has 2 heterocycles. The summed E-state index contributed by atoms with van der Waals surface area (Å²) in [4.78, 5) is 4.75. The van der Waals surface area contributed by atoms with Crippen molar-refractivity contribution in [1.82, 2.24) is 15.0 Å². The van der Waals surface area contributed by atoms with Crippen LogP contribution >= 0.6 is 0 Å². The Morgan fingerprint density at radius 1 is 1.33 bits per heavy atom. The van der Waals surface area contributed by atoms with E-state index in [9.17, 15) is 0 Å². The number of aryl methyl sites for hydroxylation is 2. The molecule has 3 aromatic rings. The lowest BCUT2D eigenvalue weighted by Gasteiger charge is -2.15. The lowest BCUT2D eigenvalue weighted by molar-refractivity contribution is 0.492. The zero-order valence-corrected chi connectivity index (χ0v) is 12.3. The second kappa shape index (κ2) is 5.71. The zero-order chi connectivity index (χ0) is 14.8. The Balaban J connectivity index is 1.98. The Morgan fingerprint density at radius 2 is 2.14 bits per heavy atom. The molecule has 0 spiro atoms. The molecule has 0 radical (unpaired) electrons. The number of hydrazine groups is 1. The van der Waals surface area contributed by atoms with Crippen molar-refractivity contribution in [3.05, 3.63) is 53.7 Å². The lowest BCUT2D eigenvalue weighted by Crippen LogP contribution is -2.30. The van der Waals surface area contributed by atoms with E-state index in [4.69, 9.17) is 15.2 Å². The molecule has 1 atom stereocenters. The van der Waals surface area contributed by atoms with E-state index in [1.54, 1.807) is 6.26 Å². The molecule has 2 aromatic heterocycles. The van der Waals surface area contributed by atoms with Crippen molar-refractivity contribution in [2.24, 2.45) is 5.84 Å². The highest BCUT2D eigenvalue weighted by atomic mass is 16.3. The minimum absolute atomic E-state index is 0.00846. The van der Waals surface area contributed by atoms with E-state index >= 15 is 0 Å². The number of nitrogens with two attached hydrogens (primary N) is 1. The zero-order valence-electron chi connectivity index (χ0n) is 12.3. The highest BCUT2D eigenvalue weighted by Crippen LogP contribution is 2.24. The Morgan fingerprint density at radius 3 is 2.81 bits per heavy atom. The molecule has 0 amide bonds. The molecule has 1 unspecified atom stereocenters. The van der Waals surface area contributed by atoms with Gasteiger partial charge < -0.3 is 8.98 Å². The summed E-state index contributed by atoms with van der Waals surface area (Å²) in [5.74, 6) is 7.65. The van der Waals surface area contributed by atoms with Crippen LogP contribution in [0.3, 0.4) is 0 Å². The van der Waals surface area contributed by atoms with E-state index in [-0.39, 0.29) is 6.04 Å². The Hall–Kier alpha value is -2.11. The molecular formula is C16H20N4O. The Bertz CT molecular complexity index is 744. The topological polar surface area (TPSA) is 69.0 Å². The molecule has 0 saturated carbocycles. The van der Waals surface area contributed by atoms with Crippen LogP contribution in [-0.2, 0) is 13.0 Å². The molecule has 3 rings (SSSR count). The summed E-state index contributed by atoms with van der Waals surface area (Å²) in [5.41, 5.74) is 6.14. The van der Waals surface area contributed by atoms with Crippen molar-refractivity contribution in [3.8, 4) is 0 Å². The number of imidazole rings is 1. The van der Waals surface area contributed by atoms with E-state index < -0.39 is 0 Å². The monoisotopic (exact) mass is 284 g/mol. The third-order valence-corrected chi connectivity index (χ3v) is 3.91. The summed E-state index contributed by atoms with van der Waals surface area (Å²) in [6.07, 6.45) is 2.41. The molecule has 5 heteroatoms. The van der Waals surface area contributed by atoms with Crippen LogP contribution in [0.4, 0.5) is 0 Å². The van der Waals surface area contributed by atoms with Gasteiger partial charge in [0, 0.05) is 18.5 Å². The van der Waals surface area contributed by atoms with Gasteiger partial charge in [0.1, 0.15) is 11.6 Å². The summed E-state index contributed by atoms with van der Waals surface area (Å²) >= 11 is 0. The van der Waals surface area contributed by atoms with Crippen LogP contribution in [0.5, 0.6) is 0 Å². The largest absolute Gasteiger partial charge is 0.469 e. The van der Waals surface area contributed by atoms with Crippen molar-refractivity contribution in [3.63, 3.8) is 0 Å². The number of furan rings is 1. The van der Waals surface area contributed by atoms with Gasteiger partial charge in [0.25, 0.3) is 0 Å². The molecular weight excluding hydrogens is 264 g/mol. The van der Waals surface area contributed by atoms with E-state index in [1.165, 1.54) is 0 Å². The number of aromatic nitrogens is 2. The van der Waals surface area contributed by atoms with Gasteiger partial charge in [-0.05, 0) is 32.0 Å². The van der Waals surface area contributed by atoms with Crippen molar-refractivity contribution in [1.29, 1.82) is 0 Å². The highest BCUT2D eigenvalue weighted by molar-refractivity contribution is 5.75. The van der Waals surface area contributed by atoms with Gasteiger partial charge >= 0.3 is 0 Å². The highest BCUT2D eigenvalue weighted by Gasteiger charge is 2.19. The third-order valence-electron chi connectivity index (χ3n) is 3.91. The van der Waals surface area contributed by atoms with Crippen LogP contribution in [0, 0.1) is 6.92 Å². The van der Waals surface area contributed by atoms with Gasteiger partial charge in [0.15, 0.2) is 0 Å². The Kier molecular flexibility index (Phi) is 3.77. The van der Waals surface area contributed by atoms with Crippen LogP contribution in [0.15, 0.2) is 41.0 Å². The van der Waals surface area contributed by atoms with E-state index in [0.717, 1.165) is 41.1 Å². The second-order valence-corrected chi connectivity index (χ2v) is 5.12. The lowest BCUT2D eigenvalue weighted by atomic mass is 10.1. The standard InChI is InChI=1S/C16H20N4O/c1-3-20-15-7-5-4-6-13(15)18-16(20)10-14(19-17)12-8-9-21-11(12)2/h4-9,14,19H,3,10,17H2,1-2H3. The minimum Gasteiger partial charge on any atom is -0.469 e. The number of rotatable bonds is 5. The average Bonchev–Trinajstić information content (AvgIpc) is 3.07. The van der Waals surface area contributed by atoms with E-state index in [2.05, 4.69) is 23.0 Å². The van der Waals surface area contributed by atoms with Gasteiger partial charge in [-0.15, -0.1) is 0 Å². The molecule has 0 aliphatic rings. The molecule has 21 heavy (non-hydrogen) atoms. The number of hydrogen-bond donors (Lipinski definition) is 2. The number of fused-ring (bicyclic) bond motifs is 1. The van der Waals surface area contributed by atoms with Crippen LogP contribution in [-0.4, -0.2) is 9.55 Å². The summed E-state index contributed by atoms with van der Waals surface area (Å²) in [7, 11) is 0. The first-order valence-electron chi connectivity index (χ1n) is 7.18. The SMILES string of the molecule is CCn1c(CC(NN)c2ccoc2C)nc2ccccc21. The number of nitrogens with one attached hydrogen (secondary N) is 1. The van der Waals surface area contributed by atoms with Gasteiger partial charge in [-0.25, -0.2) is 4.98 Å². The molecule has 0 saturated heterocycles. The van der Waals surface area contributed by atoms with Crippen LogP contribution < -0.4 is 11.3 Å². The van der Waals surface area contributed by atoms with Crippen molar-refractivity contribution in [2.75, 3.05) is 0 Å². The summed E-state index contributed by atoms with van der Waals surface area (Å²) < 4.78 is 7.61. The summed E-state index contributed by atoms with van der Waals surface area (Å²) in [6.45, 7) is 4.96. The van der Waals surface area contributed by atoms with E-state index in [1.807, 2.05) is 31.2 Å². The number of benzene rings is 1. The maximum absolute atomic E-state index is 5.74. The van der Waals surface area contributed by atoms with Crippen LogP contribution in [0.2, 0.25) is 0 Å². The first kappa shape index (κ1) is 13.9. The minimum atomic E-state index is -0.00846. The third kappa shape index (κ3) is 2.46. The fourth-order valence-electron chi connectivity index (χ4n) is 2.83. The van der Waals surface area contributed by atoms with Crippen molar-refractivity contribution < 1.29 is 4.42 Å². The Labute approximate surface area is 123 Å². The fraction of sp³-hybridized carbons (Fsp3) is 0.312. The molecule has 0 bridgehead atoms. The van der Waals surface area contributed by atoms with Crippen molar-refractivity contribution in [2.45, 2.75) is 32.9 Å². The quantitative estimate of drug-likeness (QED) is 0.558. The van der Waals surface area contributed by atoms with Crippen LogP contribution in [0.25, 0.3) is 11.0 Å². The first-order chi connectivity index (χ1) is 10.2. The van der Waals surface area contributed by atoms with Gasteiger partial charge in [-0.3, -0.25) is 11.3 Å². The molecule has 5 nitrogen and oxygen atoms in total. The van der Waals surface area contributed by atoms with Crippen molar-refractivity contribution >= 4 is 11.0 Å². The average molecular weight is 284 g/mol. The van der Waals surface area contributed by atoms with E-state index in [0.29, 0.717) is 0 Å². The predicted molar refractivity (Wildman–Crippen MR) is 82.6 cm³/mol. The maximum Gasteiger partial charge on any atom is 0.111 e. The number of hydrogen-bond acceptors (Lipinski definition) is 4. The smallest absolute Gasteiger partial charge is 0.111 e. The summed E-state index contributed by atoms with van der Waals surface area (Å²) in [5, 5.41) is 0. The molecule has 0 fully saturated rings. The first-order valence-corrected chi connectivity index (χ1v) is 7.18. The molecule has 0 aliphatic heterocycles.